The summed E-state index contributed by atoms with van der Waals surface area (Å²) in [4.78, 5) is 18.2. The molecule has 7 heteroatoms. The second-order valence-electron chi connectivity index (χ2n) is 4.44. The van der Waals surface area contributed by atoms with Gasteiger partial charge in [-0.1, -0.05) is 12.2 Å². The Morgan fingerprint density at radius 2 is 2.19 bits per heavy atom. The molecule has 0 atom stereocenters. The van der Waals surface area contributed by atoms with Gasteiger partial charge in [0.2, 0.25) is 0 Å². The van der Waals surface area contributed by atoms with Crippen molar-refractivity contribution in [2.75, 3.05) is 38.3 Å². The van der Waals surface area contributed by atoms with Crippen molar-refractivity contribution >= 4 is 29.0 Å². The van der Waals surface area contributed by atoms with E-state index in [-0.39, 0.29) is 12.5 Å². The first-order valence-electron chi connectivity index (χ1n) is 6.66. The van der Waals surface area contributed by atoms with E-state index in [1.54, 1.807) is 25.0 Å². The molecule has 0 aliphatic carbocycles. The van der Waals surface area contributed by atoms with Gasteiger partial charge in [-0.2, -0.15) is 0 Å². The lowest BCUT2D eigenvalue weighted by Gasteiger charge is -2.23. The Morgan fingerprint density at radius 1 is 1.48 bits per heavy atom. The molecule has 1 rings (SSSR count). The molecule has 0 aliphatic rings. The number of aromatic nitrogens is 1. The monoisotopic (exact) mass is 311 g/mol. The molecule has 0 amide bonds. The molecule has 0 radical (unpaired) electrons. The number of aryl methyl sites for hydroxylation is 1. The fourth-order valence-corrected chi connectivity index (χ4v) is 1.91. The normalized spacial score (nSPS) is 10.2. The number of hydrogen-bond donors (Lipinski definition) is 1. The Bertz CT molecular complexity index is 508. The van der Waals surface area contributed by atoms with Crippen LogP contribution in [0.2, 0.25) is 0 Å². The zero-order chi connectivity index (χ0) is 15.8. The topological polar surface area (TPSA) is 77.7 Å². The third-order valence-electron chi connectivity index (χ3n) is 2.74. The van der Waals surface area contributed by atoms with Crippen LogP contribution in [0.3, 0.4) is 0 Å². The van der Waals surface area contributed by atoms with Crippen LogP contribution in [0.4, 0.5) is 5.82 Å². The van der Waals surface area contributed by atoms with E-state index in [0.717, 1.165) is 11.3 Å². The smallest absolute Gasteiger partial charge is 0.325 e. The summed E-state index contributed by atoms with van der Waals surface area (Å²) in [5.41, 5.74) is 7.17. The van der Waals surface area contributed by atoms with E-state index in [1.807, 2.05) is 13.0 Å². The van der Waals surface area contributed by atoms with Crippen molar-refractivity contribution < 1.29 is 14.3 Å². The molecule has 0 aliphatic heterocycles. The van der Waals surface area contributed by atoms with E-state index in [0.29, 0.717) is 30.6 Å². The number of methoxy groups -OCH3 is 1. The number of thiocarbonyl (C=S) groups is 1. The van der Waals surface area contributed by atoms with Gasteiger partial charge in [-0.25, -0.2) is 4.98 Å². The van der Waals surface area contributed by atoms with Crippen molar-refractivity contribution in [3.8, 4) is 0 Å². The first kappa shape index (κ1) is 17.3. The molecule has 0 fully saturated rings. The second kappa shape index (κ2) is 8.53. The third-order valence-corrected chi connectivity index (χ3v) is 2.97. The predicted molar refractivity (Wildman–Crippen MR) is 85.6 cm³/mol. The maximum Gasteiger partial charge on any atom is 0.325 e. The van der Waals surface area contributed by atoms with Gasteiger partial charge in [0.05, 0.1) is 13.2 Å². The molecule has 21 heavy (non-hydrogen) atoms. The summed E-state index contributed by atoms with van der Waals surface area (Å²) in [6.07, 6.45) is 0. The van der Waals surface area contributed by atoms with Gasteiger partial charge in [0.1, 0.15) is 17.4 Å². The lowest BCUT2D eigenvalue weighted by atomic mass is 10.2. The molecule has 6 nitrogen and oxygen atoms in total. The number of carbonyl (C=O) groups is 1. The van der Waals surface area contributed by atoms with Crippen molar-refractivity contribution in [1.29, 1.82) is 0 Å². The Kier molecular flexibility index (Phi) is 7.04. The van der Waals surface area contributed by atoms with Crippen molar-refractivity contribution in [2.45, 2.75) is 13.8 Å². The molecule has 0 aromatic carbocycles. The van der Waals surface area contributed by atoms with Crippen LogP contribution >= 0.6 is 12.2 Å². The van der Waals surface area contributed by atoms with Crippen molar-refractivity contribution in [3.63, 3.8) is 0 Å². The molecule has 116 valence electrons. The maximum absolute atomic E-state index is 11.7. The highest BCUT2D eigenvalue weighted by atomic mass is 32.1. The van der Waals surface area contributed by atoms with Crippen LogP contribution in [0.5, 0.6) is 0 Å². The zero-order valence-electron chi connectivity index (χ0n) is 12.6. The summed E-state index contributed by atoms with van der Waals surface area (Å²) in [6, 6.07) is 3.58. The highest BCUT2D eigenvalue weighted by molar-refractivity contribution is 7.80. The number of carbonyl (C=O) groups excluding carboxylic acids is 1. The Balaban J connectivity index is 3.01. The Hall–Kier alpha value is -1.73. The highest BCUT2D eigenvalue weighted by Crippen LogP contribution is 2.15. The van der Waals surface area contributed by atoms with Gasteiger partial charge < -0.3 is 20.1 Å². The standard InChI is InChI=1S/C14H21N3O3S/c1-4-20-13(18)9-17(5-6-19-3)12-8-11(14(15)21)7-10(2)16-12/h7-8H,4-6,9H2,1-3H3,(H2,15,21). The maximum atomic E-state index is 11.7. The quantitative estimate of drug-likeness (QED) is 0.567. The van der Waals surface area contributed by atoms with Gasteiger partial charge in [0.15, 0.2) is 0 Å². The molecule has 0 spiro atoms. The minimum atomic E-state index is -0.311. The Labute approximate surface area is 130 Å². The second-order valence-corrected chi connectivity index (χ2v) is 4.88. The van der Waals surface area contributed by atoms with Gasteiger partial charge in [-0.15, -0.1) is 0 Å². The van der Waals surface area contributed by atoms with Gasteiger partial charge >= 0.3 is 5.97 Å². The van der Waals surface area contributed by atoms with Crippen LogP contribution in [0.15, 0.2) is 12.1 Å². The molecule has 0 saturated heterocycles. The van der Waals surface area contributed by atoms with Crippen LogP contribution in [-0.4, -0.2) is 49.4 Å². The first-order chi connectivity index (χ1) is 9.97. The van der Waals surface area contributed by atoms with Crippen LogP contribution in [-0.2, 0) is 14.3 Å². The fraction of sp³-hybridized carbons (Fsp3) is 0.500. The average Bonchev–Trinajstić information content (AvgIpc) is 2.42. The molecule has 0 unspecified atom stereocenters. The number of nitrogens with two attached hydrogens (primary N) is 1. The number of anilines is 1. The highest BCUT2D eigenvalue weighted by Gasteiger charge is 2.15. The minimum Gasteiger partial charge on any atom is -0.465 e. The van der Waals surface area contributed by atoms with E-state index in [2.05, 4.69) is 4.98 Å². The van der Waals surface area contributed by atoms with Gasteiger partial charge in [0.25, 0.3) is 0 Å². The number of ether oxygens (including phenoxy) is 2. The van der Waals surface area contributed by atoms with E-state index in [1.165, 1.54) is 0 Å². The summed E-state index contributed by atoms with van der Waals surface area (Å²) in [7, 11) is 1.60. The summed E-state index contributed by atoms with van der Waals surface area (Å²) < 4.78 is 10.1. The molecule has 1 aromatic rings. The summed E-state index contributed by atoms with van der Waals surface area (Å²) in [6.45, 7) is 5.05. The molecular formula is C14H21N3O3S. The first-order valence-corrected chi connectivity index (χ1v) is 7.06. The lowest BCUT2D eigenvalue weighted by Crippen LogP contribution is -2.34. The number of pyridine rings is 1. The summed E-state index contributed by atoms with van der Waals surface area (Å²) in [5.74, 6) is 0.316. The van der Waals surface area contributed by atoms with E-state index in [9.17, 15) is 4.79 Å². The van der Waals surface area contributed by atoms with Gasteiger partial charge in [-0.3, -0.25) is 4.79 Å². The van der Waals surface area contributed by atoms with Gasteiger partial charge in [0, 0.05) is 24.9 Å². The molecule has 0 saturated carbocycles. The van der Waals surface area contributed by atoms with E-state index in [4.69, 9.17) is 27.4 Å². The number of nitrogens with zero attached hydrogens (tertiary/aromatic N) is 2. The van der Waals surface area contributed by atoms with Crippen LogP contribution in [0.25, 0.3) is 0 Å². The summed E-state index contributed by atoms with van der Waals surface area (Å²) >= 11 is 5.00. The number of hydrogen-bond acceptors (Lipinski definition) is 6. The van der Waals surface area contributed by atoms with Crippen molar-refractivity contribution in [2.24, 2.45) is 5.73 Å². The average molecular weight is 311 g/mol. The molecule has 2 N–H and O–H groups in total. The SMILES string of the molecule is CCOC(=O)CN(CCOC)c1cc(C(N)=S)cc(C)n1. The molecule has 0 bridgehead atoms. The fourth-order valence-electron chi connectivity index (χ4n) is 1.79. The van der Waals surface area contributed by atoms with Crippen molar-refractivity contribution in [3.05, 3.63) is 23.4 Å². The zero-order valence-corrected chi connectivity index (χ0v) is 13.4. The largest absolute Gasteiger partial charge is 0.465 e. The third kappa shape index (κ3) is 5.65. The van der Waals surface area contributed by atoms with Crippen LogP contribution < -0.4 is 10.6 Å². The number of esters is 1. The van der Waals surface area contributed by atoms with Gasteiger partial charge in [-0.05, 0) is 26.0 Å². The molecule has 1 aromatic heterocycles. The molecular weight excluding hydrogens is 290 g/mol. The summed E-state index contributed by atoms with van der Waals surface area (Å²) in [5, 5.41) is 0. The van der Waals surface area contributed by atoms with Crippen LogP contribution in [0.1, 0.15) is 18.2 Å². The number of rotatable bonds is 8. The van der Waals surface area contributed by atoms with Crippen molar-refractivity contribution in [1.82, 2.24) is 4.98 Å². The minimum absolute atomic E-state index is 0.102. The predicted octanol–water partition coefficient (Wildman–Crippen LogP) is 1.04. The van der Waals surface area contributed by atoms with E-state index >= 15 is 0 Å². The van der Waals surface area contributed by atoms with E-state index < -0.39 is 0 Å². The molecule has 1 heterocycles. The lowest BCUT2D eigenvalue weighted by molar-refractivity contribution is -0.141. The van der Waals surface area contributed by atoms with Crippen LogP contribution in [0, 0.1) is 6.92 Å². The Morgan fingerprint density at radius 3 is 2.76 bits per heavy atom.